The second-order valence-electron chi connectivity index (χ2n) is 3.52. The standard InChI is InChI=1S/C12H14N2O/c1-9-3-5-10(6-4-9)11-8-15-12(14-11)7-13-2/h3-6,8,13H,7H2,1-2H3. The molecule has 0 aliphatic heterocycles. The largest absolute Gasteiger partial charge is 0.447 e. The number of oxazole rings is 1. The maximum absolute atomic E-state index is 5.32. The summed E-state index contributed by atoms with van der Waals surface area (Å²) in [4.78, 5) is 4.37. The van der Waals surface area contributed by atoms with Crippen molar-refractivity contribution < 1.29 is 4.42 Å². The SMILES string of the molecule is CNCc1nc(-c2ccc(C)cc2)co1. The van der Waals surface area contributed by atoms with Gasteiger partial charge in [-0.05, 0) is 14.0 Å². The lowest BCUT2D eigenvalue weighted by atomic mass is 10.1. The molecule has 3 nitrogen and oxygen atoms in total. The van der Waals surface area contributed by atoms with Crippen LogP contribution >= 0.6 is 0 Å². The van der Waals surface area contributed by atoms with Crippen molar-refractivity contribution in [1.82, 2.24) is 10.3 Å². The Balaban J connectivity index is 2.25. The molecule has 0 bridgehead atoms. The molecule has 0 unspecified atom stereocenters. The summed E-state index contributed by atoms with van der Waals surface area (Å²) in [5, 5.41) is 3.00. The average Bonchev–Trinajstić information content (AvgIpc) is 2.68. The van der Waals surface area contributed by atoms with E-state index in [2.05, 4.69) is 41.5 Å². The van der Waals surface area contributed by atoms with Crippen molar-refractivity contribution in [1.29, 1.82) is 0 Å². The number of hydrogen-bond donors (Lipinski definition) is 1. The molecule has 0 amide bonds. The second-order valence-corrected chi connectivity index (χ2v) is 3.52. The Kier molecular flexibility index (Phi) is 2.83. The predicted molar refractivity (Wildman–Crippen MR) is 59.4 cm³/mol. The maximum atomic E-state index is 5.32. The van der Waals surface area contributed by atoms with Crippen LogP contribution in [0.5, 0.6) is 0 Å². The minimum absolute atomic E-state index is 0.659. The zero-order valence-corrected chi connectivity index (χ0v) is 8.95. The molecule has 3 heteroatoms. The van der Waals surface area contributed by atoms with Crippen molar-refractivity contribution in [2.45, 2.75) is 13.5 Å². The first kappa shape index (κ1) is 9.93. The van der Waals surface area contributed by atoms with E-state index in [9.17, 15) is 0 Å². The van der Waals surface area contributed by atoms with Gasteiger partial charge in [-0.2, -0.15) is 0 Å². The van der Waals surface area contributed by atoms with Crippen LogP contribution in [0.1, 0.15) is 11.5 Å². The normalized spacial score (nSPS) is 10.5. The molecule has 0 spiro atoms. The van der Waals surface area contributed by atoms with Crippen LogP contribution in [0, 0.1) is 6.92 Å². The third kappa shape index (κ3) is 2.25. The molecule has 0 fully saturated rings. The van der Waals surface area contributed by atoms with Crippen molar-refractivity contribution in [2.24, 2.45) is 0 Å². The number of rotatable bonds is 3. The van der Waals surface area contributed by atoms with E-state index in [0.29, 0.717) is 12.4 Å². The monoisotopic (exact) mass is 202 g/mol. The summed E-state index contributed by atoms with van der Waals surface area (Å²) in [6.45, 7) is 2.73. The highest BCUT2D eigenvalue weighted by atomic mass is 16.3. The molecule has 78 valence electrons. The maximum Gasteiger partial charge on any atom is 0.208 e. The molecule has 1 N–H and O–H groups in total. The number of aryl methyl sites for hydroxylation is 1. The summed E-state index contributed by atoms with van der Waals surface area (Å²) in [6.07, 6.45) is 1.69. The zero-order chi connectivity index (χ0) is 10.7. The lowest BCUT2D eigenvalue weighted by Gasteiger charge is -1.95. The first-order valence-corrected chi connectivity index (χ1v) is 4.95. The fraction of sp³-hybridized carbons (Fsp3) is 0.250. The quantitative estimate of drug-likeness (QED) is 0.830. The van der Waals surface area contributed by atoms with Gasteiger partial charge in [0.15, 0.2) is 0 Å². The van der Waals surface area contributed by atoms with Crippen molar-refractivity contribution in [3.8, 4) is 11.3 Å². The number of nitrogens with one attached hydrogen (secondary N) is 1. The predicted octanol–water partition coefficient (Wildman–Crippen LogP) is 2.37. The summed E-state index contributed by atoms with van der Waals surface area (Å²) < 4.78 is 5.32. The molecule has 0 saturated heterocycles. The van der Waals surface area contributed by atoms with E-state index < -0.39 is 0 Å². The molecule has 1 aromatic carbocycles. The molecule has 2 rings (SSSR count). The molecular weight excluding hydrogens is 188 g/mol. The third-order valence-corrected chi connectivity index (χ3v) is 2.23. The number of benzene rings is 1. The number of nitrogens with zero attached hydrogens (tertiary/aromatic N) is 1. The molecule has 1 heterocycles. The lowest BCUT2D eigenvalue weighted by Crippen LogP contribution is -2.04. The van der Waals surface area contributed by atoms with Gasteiger partial charge in [0, 0.05) is 5.56 Å². The third-order valence-electron chi connectivity index (χ3n) is 2.23. The second kappa shape index (κ2) is 4.28. The minimum atomic E-state index is 0.659. The van der Waals surface area contributed by atoms with Crippen molar-refractivity contribution in [3.05, 3.63) is 42.0 Å². The van der Waals surface area contributed by atoms with Gasteiger partial charge in [0.05, 0.1) is 6.54 Å². The van der Waals surface area contributed by atoms with E-state index >= 15 is 0 Å². The van der Waals surface area contributed by atoms with Gasteiger partial charge in [0.1, 0.15) is 12.0 Å². The van der Waals surface area contributed by atoms with Gasteiger partial charge in [0.2, 0.25) is 5.89 Å². The van der Waals surface area contributed by atoms with Crippen LogP contribution in [-0.4, -0.2) is 12.0 Å². The summed E-state index contributed by atoms with van der Waals surface area (Å²) >= 11 is 0. The fourth-order valence-electron chi connectivity index (χ4n) is 1.40. The Morgan fingerprint density at radius 2 is 2.00 bits per heavy atom. The highest BCUT2D eigenvalue weighted by molar-refractivity contribution is 5.58. The molecule has 15 heavy (non-hydrogen) atoms. The minimum Gasteiger partial charge on any atom is -0.447 e. The average molecular weight is 202 g/mol. The van der Waals surface area contributed by atoms with E-state index in [4.69, 9.17) is 4.42 Å². The first-order valence-electron chi connectivity index (χ1n) is 4.95. The van der Waals surface area contributed by atoms with Crippen LogP contribution in [-0.2, 0) is 6.54 Å². The molecule has 1 aromatic heterocycles. The van der Waals surface area contributed by atoms with Crippen molar-refractivity contribution in [2.75, 3.05) is 7.05 Å². The lowest BCUT2D eigenvalue weighted by molar-refractivity contribution is 0.480. The molecule has 0 aliphatic carbocycles. The zero-order valence-electron chi connectivity index (χ0n) is 8.95. The van der Waals surface area contributed by atoms with Crippen LogP contribution in [0.25, 0.3) is 11.3 Å². The summed E-state index contributed by atoms with van der Waals surface area (Å²) in [7, 11) is 1.87. The van der Waals surface area contributed by atoms with Crippen LogP contribution < -0.4 is 5.32 Å². The smallest absolute Gasteiger partial charge is 0.208 e. The molecule has 0 saturated carbocycles. The molecule has 0 aliphatic rings. The van der Waals surface area contributed by atoms with Gasteiger partial charge < -0.3 is 9.73 Å². The summed E-state index contributed by atoms with van der Waals surface area (Å²) in [6, 6.07) is 8.25. The van der Waals surface area contributed by atoms with Gasteiger partial charge in [-0.15, -0.1) is 0 Å². The Bertz CT molecular complexity index is 431. The van der Waals surface area contributed by atoms with Crippen molar-refractivity contribution in [3.63, 3.8) is 0 Å². The van der Waals surface area contributed by atoms with Gasteiger partial charge in [-0.1, -0.05) is 29.8 Å². The Morgan fingerprint density at radius 3 is 2.67 bits per heavy atom. The van der Waals surface area contributed by atoms with E-state index in [1.807, 2.05) is 7.05 Å². The van der Waals surface area contributed by atoms with Crippen LogP contribution in [0.4, 0.5) is 0 Å². The summed E-state index contributed by atoms with van der Waals surface area (Å²) in [5.41, 5.74) is 3.23. The van der Waals surface area contributed by atoms with Gasteiger partial charge >= 0.3 is 0 Å². The molecule has 0 atom stereocenters. The molecule has 2 aromatic rings. The van der Waals surface area contributed by atoms with Gasteiger partial charge in [0.25, 0.3) is 0 Å². The Morgan fingerprint density at radius 1 is 1.27 bits per heavy atom. The van der Waals surface area contributed by atoms with E-state index in [1.165, 1.54) is 5.56 Å². The summed E-state index contributed by atoms with van der Waals surface area (Å²) in [5.74, 6) is 0.716. The van der Waals surface area contributed by atoms with Crippen LogP contribution in [0.15, 0.2) is 34.9 Å². The fourth-order valence-corrected chi connectivity index (χ4v) is 1.40. The Hall–Kier alpha value is -1.61. The van der Waals surface area contributed by atoms with Crippen molar-refractivity contribution >= 4 is 0 Å². The first-order chi connectivity index (χ1) is 7.29. The highest BCUT2D eigenvalue weighted by Crippen LogP contribution is 2.18. The number of hydrogen-bond acceptors (Lipinski definition) is 3. The molecule has 0 radical (unpaired) electrons. The van der Waals surface area contributed by atoms with E-state index in [0.717, 1.165) is 11.3 Å². The number of aromatic nitrogens is 1. The highest BCUT2D eigenvalue weighted by Gasteiger charge is 2.04. The Labute approximate surface area is 89.1 Å². The van der Waals surface area contributed by atoms with Gasteiger partial charge in [-0.25, -0.2) is 4.98 Å². The molecular formula is C12H14N2O. The van der Waals surface area contributed by atoms with Crippen LogP contribution in [0.2, 0.25) is 0 Å². The van der Waals surface area contributed by atoms with Crippen LogP contribution in [0.3, 0.4) is 0 Å². The van der Waals surface area contributed by atoms with E-state index in [-0.39, 0.29) is 0 Å². The van der Waals surface area contributed by atoms with Gasteiger partial charge in [-0.3, -0.25) is 0 Å². The van der Waals surface area contributed by atoms with E-state index in [1.54, 1.807) is 6.26 Å². The topological polar surface area (TPSA) is 38.1 Å².